The Bertz CT molecular complexity index is 397. The molecule has 13 heavy (non-hydrogen) atoms. The van der Waals surface area contributed by atoms with Gasteiger partial charge in [0.2, 0.25) is 0 Å². The third kappa shape index (κ3) is 3.36. The van der Waals surface area contributed by atoms with Crippen molar-refractivity contribution in [1.82, 2.24) is 0 Å². The van der Waals surface area contributed by atoms with Crippen molar-refractivity contribution in [2.24, 2.45) is 0 Å². The molecule has 6 heteroatoms. The summed E-state index contributed by atoms with van der Waals surface area (Å²) in [5.74, 6) is -0.439. The number of hydrogen-bond acceptors (Lipinski definition) is 3. The van der Waals surface area contributed by atoms with Crippen LogP contribution in [0.3, 0.4) is 0 Å². The van der Waals surface area contributed by atoms with Gasteiger partial charge in [-0.05, 0) is 40.2 Å². The zero-order valence-corrected chi connectivity index (χ0v) is 10.1. The third-order valence-electron chi connectivity index (χ3n) is 1.54. The molecule has 0 saturated heterocycles. The fourth-order valence-corrected chi connectivity index (χ4v) is 3.11. The smallest absolute Gasteiger partial charge is 0.195 e. The first kappa shape index (κ1) is 11.1. The highest BCUT2D eigenvalue weighted by Gasteiger charge is 2.11. The van der Waals surface area contributed by atoms with Crippen LogP contribution < -0.4 is 0 Å². The molecule has 0 N–H and O–H groups in total. The molecular weight excluding hydrogens is 279 g/mol. The highest BCUT2D eigenvalue weighted by molar-refractivity contribution is 9.10. The predicted octanol–water partition coefficient (Wildman–Crippen LogP) is 2.66. The molecule has 0 aliphatic carbocycles. The van der Waals surface area contributed by atoms with Crippen LogP contribution in [0.15, 0.2) is 9.85 Å². The van der Waals surface area contributed by atoms with Crippen molar-refractivity contribution in [3.05, 3.63) is 20.3 Å². The minimum absolute atomic E-state index is 0.234. The zero-order chi connectivity index (χ0) is 10.1. The van der Waals surface area contributed by atoms with E-state index in [4.69, 9.17) is 0 Å². The van der Waals surface area contributed by atoms with Crippen LogP contribution in [0.5, 0.6) is 0 Å². The SMILES string of the molecule is Cc1csc(CCS(=O)(=O)F)c1Br. The Kier molecular flexibility index (Phi) is 3.48. The molecular formula is C7H8BrFO2S2. The molecule has 0 aliphatic heterocycles. The van der Waals surface area contributed by atoms with Gasteiger partial charge in [-0.1, -0.05) is 0 Å². The fourth-order valence-electron chi connectivity index (χ4n) is 0.866. The van der Waals surface area contributed by atoms with Gasteiger partial charge in [-0.15, -0.1) is 15.2 Å². The average molecular weight is 287 g/mol. The molecule has 1 aromatic rings. The number of thiophene rings is 1. The van der Waals surface area contributed by atoms with Crippen LogP contribution in [-0.2, 0) is 16.6 Å². The summed E-state index contributed by atoms with van der Waals surface area (Å²) in [6.45, 7) is 1.91. The fraction of sp³-hybridized carbons (Fsp3) is 0.429. The van der Waals surface area contributed by atoms with Crippen molar-refractivity contribution in [2.45, 2.75) is 13.3 Å². The number of hydrogen-bond donors (Lipinski definition) is 0. The molecule has 1 aromatic heterocycles. The van der Waals surface area contributed by atoms with Crippen molar-refractivity contribution >= 4 is 37.5 Å². The number of rotatable bonds is 3. The van der Waals surface area contributed by atoms with E-state index in [-0.39, 0.29) is 6.42 Å². The summed E-state index contributed by atoms with van der Waals surface area (Å²) in [5.41, 5.74) is 1.05. The van der Waals surface area contributed by atoms with E-state index in [1.807, 2.05) is 12.3 Å². The summed E-state index contributed by atoms with van der Waals surface area (Å²) in [6.07, 6.45) is 0.234. The summed E-state index contributed by atoms with van der Waals surface area (Å²) in [6, 6.07) is 0. The maximum absolute atomic E-state index is 12.2. The van der Waals surface area contributed by atoms with Gasteiger partial charge >= 0.3 is 10.2 Å². The molecule has 0 radical (unpaired) electrons. The van der Waals surface area contributed by atoms with Crippen LogP contribution >= 0.6 is 27.3 Å². The lowest BCUT2D eigenvalue weighted by molar-refractivity contribution is 0.551. The third-order valence-corrected chi connectivity index (χ3v) is 4.76. The minimum atomic E-state index is -4.34. The maximum Gasteiger partial charge on any atom is 0.302 e. The van der Waals surface area contributed by atoms with E-state index < -0.39 is 16.0 Å². The normalized spacial score (nSPS) is 11.9. The highest BCUT2D eigenvalue weighted by Crippen LogP contribution is 2.28. The quantitative estimate of drug-likeness (QED) is 0.801. The largest absolute Gasteiger partial charge is 0.302 e. The van der Waals surface area contributed by atoms with Crippen LogP contribution in [0.4, 0.5) is 3.89 Å². The van der Waals surface area contributed by atoms with Gasteiger partial charge in [0.1, 0.15) is 0 Å². The minimum Gasteiger partial charge on any atom is -0.195 e. The Balaban J connectivity index is 2.71. The van der Waals surface area contributed by atoms with E-state index in [2.05, 4.69) is 15.9 Å². The van der Waals surface area contributed by atoms with Crippen LogP contribution in [-0.4, -0.2) is 14.2 Å². The Morgan fingerprint density at radius 1 is 1.62 bits per heavy atom. The van der Waals surface area contributed by atoms with Gasteiger partial charge < -0.3 is 0 Å². The lowest BCUT2D eigenvalue weighted by Gasteiger charge is -1.95. The molecule has 1 heterocycles. The maximum atomic E-state index is 12.2. The van der Waals surface area contributed by atoms with Crippen LogP contribution in [0.25, 0.3) is 0 Å². The molecule has 0 unspecified atom stereocenters. The van der Waals surface area contributed by atoms with Gasteiger partial charge in [-0.2, -0.15) is 8.42 Å². The summed E-state index contributed by atoms with van der Waals surface area (Å²) >= 11 is 4.75. The van der Waals surface area contributed by atoms with Crippen LogP contribution in [0, 0.1) is 6.92 Å². The first-order chi connectivity index (χ1) is 5.90. The lowest BCUT2D eigenvalue weighted by Crippen LogP contribution is -2.01. The molecule has 0 saturated carbocycles. The molecule has 0 fully saturated rings. The second kappa shape index (κ2) is 4.06. The summed E-state index contributed by atoms with van der Waals surface area (Å²) in [7, 11) is -4.34. The van der Waals surface area contributed by atoms with Crippen molar-refractivity contribution in [3.8, 4) is 0 Å². The van der Waals surface area contributed by atoms with E-state index in [9.17, 15) is 12.3 Å². The molecule has 0 atom stereocenters. The van der Waals surface area contributed by atoms with Gasteiger partial charge in [0.05, 0.1) is 5.75 Å². The summed E-state index contributed by atoms with van der Waals surface area (Å²) < 4.78 is 33.6. The molecule has 1 rings (SSSR count). The first-order valence-corrected chi connectivity index (χ1v) is 6.77. The first-order valence-electron chi connectivity index (χ1n) is 3.55. The van der Waals surface area contributed by atoms with Crippen molar-refractivity contribution in [3.63, 3.8) is 0 Å². The predicted molar refractivity (Wildman–Crippen MR) is 55.4 cm³/mol. The van der Waals surface area contributed by atoms with Gasteiger partial charge in [-0.3, -0.25) is 0 Å². The van der Waals surface area contributed by atoms with Crippen molar-refractivity contribution < 1.29 is 12.3 Å². The molecule has 0 aromatic carbocycles. The second-order valence-electron chi connectivity index (χ2n) is 2.65. The Labute approximate surface area is 89.1 Å². The summed E-state index contributed by atoms with van der Waals surface area (Å²) in [4.78, 5) is 0.874. The molecule has 0 spiro atoms. The molecule has 0 amide bonds. The molecule has 74 valence electrons. The molecule has 2 nitrogen and oxygen atoms in total. The Hall–Kier alpha value is 0.0600. The molecule has 0 bridgehead atoms. The standard InChI is InChI=1S/C7H8BrFO2S2/c1-5-4-12-6(7(5)8)2-3-13(9,10)11/h4H,2-3H2,1H3. The topological polar surface area (TPSA) is 34.1 Å². The number of aryl methyl sites for hydroxylation is 2. The van der Waals surface area contributed by atoms with Crippen molar-refractivity contribution in [1.29, 1.82) is 0 Å². The average Bonchev–Trinajstić information content (AvgIpc) is 2.29. The van der Waals surface area contributed by atoms with E-state index in [0.29, 0.717) is 0 Å². The second-order valence-corrected chi connectivity index (χ2v) is 5.89. The Morgan fingerprint density at radius 3 is 2.62 bits per heavy atom. The van der Waals surface area contributed by atoms with Crippen LogP contribution in [0.2, 0.25) is 0 Å². The zero-order valence-electron chi connectivity index (χ0n) is 6.88. The van der Waals surface area contributed by atoms with E-state index in [1.54, 1.807) is 0 Å². The van der Waals surface area contributed by atoms with E-state index in [1.165, 1.54) is 11.3 Å². The number of halogens is 2. The van der Waals surface area contributed by atoms with Gasteiger partial charge in [0.15, 0.2) is 0 Å². The molecule has 0 aliphatic rings. The van der Waals surface area contributed by atoms with Gasteiger partial charge in [0.25, 0.3) is 0 Å². The van der Waals surface area contributed by atoms with Gasteiger partial charge in [-0.25, -0.2) is 0 Å². The van der Waals surface area contributed by atoms with Crippen LogP contribution in [0.1, 0.15) is 10.4 Å². The summed E-state index contributed by atoms with van der Waals surface area (Å²) in [5, 5.41) is 1.91. The highest BCUT2D eigenvalue weighted by atomic mass is 79.9. The lowest BCUT2D eigenvalue weighted by atomic mass is 10.3. The Morgan fingerprint density at radius 2 is 2.23 bits per heavy atom. The van der Waals surface area contributed by atoms with E-state index in [0.717, 1.165) is 14.9 Å². The van der Waals surface area contributed by atoms with E-state index >= 15 is 0 Å². The van der Waals surface area contributed by atoms with Gasteiger partial charge in [0, 0.05) is 9.35 Å². The monoisotopic (exact) mass is 286 g/mol. The van der Waals surface area contributed by atoms with Crippen molar-refractivity contribution in [2.75, 3.05) is 5.75 Å².